The zero-order valence-corrected chi connectivity index (χ0v) is 12.0. The first-order valence-electron chi connectivity index (χ1n) is 7.18. The van der Waals surface area contributed by atoms with E-state index in [4.69, 9.17) is 14.2 Å². The molecule has 108 valence electrons. The van der Waals surface area contributed by atoms with E-state index in [0.29, 0.717) is 18.6 Å². The van der Waals surface area contributed by atoms with E-state index in [0.717, 1.165) is 52.2 Å². The van der Waals surface area contributed by atoms with E-state index in [1.165, 1.54) is 6.42 Å². The molecule has 0 atom stereocenters. The number of methoxy groups -OCH3 is 1. The van der Waals surface area contributed by atoms with Crippen LogP contribution < -0.4 is 5.32 Å². The first kappa shape index (κ1) is 15.9. The quantitative estimate of drug-likeness (QED) is 0.608. The summed E-state index contributed by atoms with van der Waals surface area (Å²) in [5.41, 5.74) is 0.375. The molecule has 1 heterocycles. The Balaban J connectivity index is 2.25. The normalized spacial score (nSPS) is 19.0. The lowest BCUT2D eigenvalue weighted by Gasteiger charge is -2.37. The summed E-state index contributed by atoms with van der Waals surface area (Å²) in [6.45, 7) is 8.41. The van der Waals surface area contributed by atoms with Crippen molar-refractivity contribution in [2.24, 2.45) is 5.41 Å². The minimum absolute atomic E-state index is 0.375. The fraction of sp³-hybridized carbons (Fsp3) is 1.00. The highest BCUT2D eigenvalue weighted by Gasteiger charge is 2.31. The molecule has 0 amide bonds. The van der Waals surface area contributed by atoms with Crippen molar-refractivity contribution in [1.82, 2.24) is 5.32 Å². The van der Waals surface area contributed by atoms with Gasteiger partial charge in [-0.1, -0.05) is 6.92 Å². The largest absolute Gasteiger partial charge is 0.382 e. The number of rotatable bonds is 10. The fourth-order valence-corrected chi connectivity index (χ4v) is 2.38. The molecule has 0 aromatic carbocycles. The monoisotopic (exact) mass is 259 g/mol. The maximum Gasteiger partial charge on any atom is 0.0700 e. The third kappa shape index (κ3) is 6.14. The SMILES string of the molecule is CCCNCC1(CCOCCOC)CCOCC1. The van der Waals surface area contributed by atoms with E-state index >= 15 is 0 Å². The Morgan fingerprint density at radius 2 is 1.94 bits per heavy atom. The Labute approximate surface area is 111 Å². The molecular weight excluding hydrogens is 230 g/mol. The molecule has 0 saturated carbocycles. The van der Waals surface area contributed by atoms with Gasteiger partial charge in [-0.2, -0.15) is 0 Å². The average molecular weight is 259 g/mol. The minimum Gasteiger partial charge on any atom is -0.382 e. The second-order valence-corrected chi connectivity index (χ2v) is 5.14. The molecule has 1 aliphatic heterocycles. The highest BCUT2D eigenvalue weighted by atomic mass is 16.5. The number of hydrogen-bond donors (Lipinski definition) is 1. The molecule has 0 aromatic rings. The van der Waals surface area contributed by atoms with Crippen LogP contribution in [0, 0.1) is 5.41 Å². The fourth-order valence-electron chi connectivity index (χ4n) is 2.38. The second kappa shape index (κ2) is 9.73. The molecule has 4 heteroatoms. The maximum absolute atomic E-state index is 5.61. The standard InChI is InChI=1S/C14H29NO3/c1-3-7-15-13-14(4-8-17-9-5-14)6-10-18-12-11-16-2/h15H,3-13H2,1-2H3. The maximum atomic E-state index is 5.61. The molecule has 4 nitrogen and oxygen atoms in total. The Hall–Kier alpha value is -0.160. The van der Waals surface area contributed by atoms with Crippen molar-refractivity contribution in [3.05, 3.63) is 0 Å². The van der Waals surface area contributed by atoms with Crippen LogP contribution in [0.4, 0.5) is 0 Å². The highest BCUT2D eigenvalue weighted by molar-refractivity contribution is 4.84. The Bertz CT molecular complexity index is 193. The second-order valence-electron chi connectivity index (χ2n) is 5.14. The van der Waals surface area contributed by atoms with Gasteiger partial charge in [-0.05, 0) is 37.6 Å². The van der Waals surface area contributed by atoms with Gasteiger partial charge >= 0.3 is 0 Å². The van der Waals surface area contributed by atoms with Gasteiger partial charge in [0.15, 0.2) is 0 Å². The molecule has 0 spiro atoms. The van der Waals surface area contributed by atoms with Gasteiger partial charge in [-0.25, -0.2) is 0 Å². The Morgan fingerprint density at radius 1 is 1.17 bits per heavy atom. The summed E-state index contributed by atoms with van der Waals surface area (Å²) in [7, 11) is 1.71. The predicted molar refractivity (Wildman–Crippen MR) is 73.0 cm³/mol. The summed E-state index contributed by atoms with van der Waals surface area (Å²) in [6.07, 6.45) is 4.61. The van der Waals surface area contributed by atoms with E-state index in [2.05, 4.69) is 12.2 Å². The third-order valence-corrected chi connectivity index (χ3v) is 3.69. The number of nitrogens with one attached hydrogen (secondary N) is 1. The summed E-state index contributed by atoms with van der Waals surface area (Å²) in [5, 5.41) is 3.56. The zero-order chi connectivity index (χ0) is 13.1. The average Bonchev–Trinajstić information content (AvgIpc) is 2.40. The lowest BCUT2D eigenvalue weighted by Crippen LogP contribution is -2.40. The number of ether oxygens (including phenoxy) is 3. The third-order valence-electron chi connectivity index (χ3n) is 3.69. The summed E-state index contributed by atoms with van der Waals surface area (Å²) in [5.74, 6) is 0. The van der Waals surface area contributed by atoms with Crippen LogP contribution in [0.1, 0.15) is 32.6 Å². The lowest BCUT2D eigenvalue weighted by atomic mass is 9.77. The van der Waals surface area contributed by atoms with Crippen LogP contribution >= 0.6 is 0 Å². The topological polar surface area (TPSA) is 39.7 Å². The molecule has 0 bridgehead atoms. The van der Waals surface area contributed by atoms with E-state index in [1.54, 1.807) is 7.11 Å². The molecule has 18 heavy (non-hydrogen) atoms. The zero-order valence-electron chi connectivity index (χ0n) is 12.0. The van der Waals surface area contributed by atoms with Crippen LogP contribution in [0.2, 0.25) is 0 Å². The predicted octanol–water partition coefficient (Wildman–Crippen LogP) is 1.84. The smallest absolute Gasteiger partial charge is 0.0700 e. The first-order valence-corrected chi connectivity index (χ1v) is 7.18. The van der Waals surface area contributed by atoms with E-state index in [1.807, 2.05) is 0 Å². The molecule has 0 radical (unpaired) electrons. The lowest BCUT2D eigenvalue weighted by molar-refractivity contribution is -0.0111. The van der Waals surface area contributed by atoms with Gasteiger partial charge in [-0.3, -0.25) is 0 Å². The molecule has 1 N–H and O–H groups in total. The van der Waals surface area contributed by atoms with Gasteiger partial charge in [0.25, 0.3) is 0 Å². The molecule has 1 rings (SSSR count). The van der Waals surface area contributed by atoms with Crippen LogP contribution in [-0.4, -0.2) is 53.2 Å². The van der Waals surface area contributed by atoms with Crippen molar-refractivity contribution in [1.29, 1.82) is 0 Å². The van der Waals surface area contributed by atoms with E-state index in [-0.39, 0.29) is 0 Å². The number of hydrogen-bond acceptors (Lipinski definition) is 4. The molecule has 1 aliphatic rings. The summed E-state index contributed by atoms with van der Waals surface area (Å²) in [6, 6.07) is 0. The van der Waals surface area contributed by atoms with Crippen LogP contribution in [0.3, 0.4) is 0 Å². The molecule has 0 aromatic heterocycles. The minimum atomic E-state index is 0.375. The summed E-state index contributed by atoms with van der Waals surface area (Å²) >= 11 is 0. The van der Waals surface area contributed by atoms with Gasteiger partial charge in [0.1, 0.15) is 0 Å². The van der Waals surface area contributed by atoms with Crippen molar-refractivity contribution >= 4 is 0 Å². The van der Waals surface area contributed by atoms with Crippen molar-refractivity contribution in [2.75, 3.05) is 53.2 Å². The van der Waals surface area contributed by atoms with Crippen molar-refractivity contribution in [2.45, 2.75) is 32.6 Å². The van der Waals surface area contributed by atoms with Gasteiger partial charge in [-0.15, -0.1) is 0 Å². The van der Waals surface area contributed by atoms with Crippen LogP contribution in [0.25, 0.3) is 0 Å². The molecule has 0 unspecified atom stereocenters. The van der Waals surface area contributed by atoms with Crippen molar-refractivity contribution < 1.29 is 14.2 Å². The molecule has 0 aliphatic carbocycles. The van der Waals surface area contributed by atoms with E-state index < -0.39 is 0 Å². The molecular formula is C14H29NO3. The van der Waals surface area contributed by atoms with Gasteiger partial charge in [0, 0.05) is 33.5 Å². The molecule has 1 fully saturated rings. The first-order chi connectivity index (χ1) is 8.83. The summed E-state index contributed by atoms with van der Waals surface area (Å²) < 4.78 is 16.1. The highest BCUT2D eigenvalue weighted by Crippen LogP contribution is 2.33. The van der Waals surface area contributed by atoms with Gasteiger partial charge in [0.2, 0.25) is 0 Å². The van der Waals surface area contributed by atoms with Gasteiger partial charge in [0.05, 0.1) is 13.2 Å². The van der Waals surface area contributed by atoms with Crippen LogP contribution in [0.15, 0.2) is 0 Å². The Kier molecular flexibility index (Phi) is 8.59. The van der Waals surface area contributed by atoms with E-state index in [9.17, 15) is 0 Å². The van der Waals surface area contributed by atoms with Crippen molar-refractivity contribution in [3.63, 3.8) is 0 Å². The molecule has 1 saturated heterocycles. The van der Waals surface area contributed by atoms with Gasteiger partial charge < -0.3 is 19.5 Å². The van der Waals surface area contributed by atoms with Crippen molar-refractivity contribution in [3.8, 4) is 0 Å². The summed E-state index contributed by atoms with van der Waals surface area (Å²) in [4.78, 5) is 0. The Morgan fingerprint density at radius 3 is 2.61 bits per heavy atom. The van der Waals surface area contributed by atoms with Crippen LogP contribution in [0.5, 0.6) is 0 Å². The van der Waals surface area contributed by atoms with Crippen LogP contribution in [-0.2, 0) is 14.2 Å².